The zero-order valence-corrected chi connectivity index (χ0v) is 10.3. The summed E-state index contributed by atoms with van der Waals surface area (Å²) in [7, 11) is 0. The van der Waals surface area contributed by atoms with Crippen molar-refractivity contribution in [2.75, 3.05) is 0 Å². The molecule has 2 aromatic rings. The second-order valence-corrected chi connectivity index (χ2v) is 4.10. The van der Waals surface area contributed by atoms with E-state index in [-0.39, 0.29) is 4.61 Å². The highest BCUT2D eigenvalue weighted by Crippen LogP contribution is 2.23. The van der Waals surface area contributed by atoms with Crippen LogP contribution in [-0.4, -0.2) is 4.92 Å². The zero-order valence-electron chi connectivity index (χ0n) is 8.67. The first kappa shape index (κ1) is 11.6. The maximum absolute atomic E-state index is 10.4. The van der Waals surface area contributed by atoms with Gasteiger partial charge in [-0.1, -0.05) is 30.3 Å². The lowest BCUT2D eigenvalue weighted by Crippen LogP contribution is -1.89. The van der Waals surface area contributed by atoms with Crippen molar-refractivity contribution in [2.24, 2.45) is 0 Å². The van der Waals surface area contributed by atoms with Crippen molar-refractivity contribution >= 4 is 22.0 Å². The summed E-state index contributed by atoms with van der Waals surface area (Å²) in [6.07, 6.45) is 1.33. The highest BCUT2D eigenvalue weighted by Gasteiger charge is 2.08. The molecule has 0 spiro atoms. The maximum atomic E-state index is 10.4. The lowest BCUT2D eigenvalue weighted by atomic mass is 10.2. The molecule has 17 heavy (non-hydrogen) atoms. The van der Waals surface area contributed by atoms with Gasteiger partial charge in [0.05, 0.1) is 11.0 Å². The molecule has 2 rings (SSSR count). The van der Waals surface area contributed by atoms with E-state index in [9.17, 15) is 10.1 Å². The van der Waals surface area contributed by atoms with Crippen LogP contribution in [0.25, 0.3) is 17.4 Å². The van der Waals surface area contributed by atoms with E-state index in [1.807, 2.05) is 30.3 Å². The van der Waals surface area contributed by atoms with E-state index < -0.39 is 4.92 Å². The average Bonchev–Trinajstić information content (AvgIpc) is 2.78. The summed E-state index contributed by atoms with van der Waals surface area (Å²) in [5, 5.41) is 10.4. The first-order valence-corrected chi connectivity index (χ1v) is 5.63. The Kier molecular flexibility index (Phi) is 3.39. The van der Waals surface area contributed by atoms with Crippen LogP contribution in [0.1, 0.15) is 5.76 Å². The Morgan fingerprint density at radius 3 is 2.59 bits per heavy atom. The van der Waals surface area contributed by atoms with Gasteiger partial charge in [-0.3, -0.25) is 10.1 Å². The first-order chi connectivity index (χ1) is 8.16. The van der Waals surface area contributed by atoms with E-state index >= 15 is 0 Å². The van der Waals surface area contributed by atoms with E-state index in [0.717, 1.165) is 5.56 Å². The van der Waals surface area contributed by atoms with E-state index in [2.05, 4.69) is 15.9 Å². The van der Waals surface area contributed by atoms with E-state index in [1.54, 1.807) is 12.1 Å². The Hall–Kier alpha value is -1.88. The van der Waals surface area contributed by atoms with E-state index in [1.165, 1.54) is 6.08 Å². The van der Waals surface area contributed by atoms with Gasteiger partial charge in [0.15, 0.2) is 0 Å². The molecule has 0 amide bonds. The van der Waals surface area contributed by atoms with Gasteiger partial charge in [0.2, 0.25) is 0 Å². The number of rotatable bonds is 3. The summed E-state index contributed by atoms with van der Waals surface area (Å²) in [4.78, 5) is 9.91. The summed E-state index contributed by atoms with van der Waals surface area (Å²) < 4.78 is 5.35. The van der Waals surface area contributed by atoms with Crippen molar-refractivity contribution in [1.82, 2.24) is 0 Å². The third kappa shape index (κ3) is 2.82. The van der Waals surface area contributed by atoms with Crippen LogP contribution in [0.5, 0.6) is 0 Å². The van der Waals surface area contributed by atoms with Crippen LogP contribution >= 0.6 is 15.9 Å². The molecule has 1 aromatic carbocycles. The van der Waals surface area contributed by atoms with Crippen LogP contribution < -0.4 is 0 Å². The molecule has 0 aliphatic carbocycles. The Bertz CT molecular complexity index is 560. The van der Waals surface area contributed by atoms with Gasteiger partial charge >= 0.3 is 4.61 Å². The Morgan fingerprint density at radius 1 is 1.24 bits per heavy atom. The van der Waals surface area contributed by atoms with Gasteiger partial charge in [0.25, 0.3) is 0 Å². The minimum absolute atomic E-state index is 0.133. The van der Waals surface area contributed by atoms with Gasteiger partial charge in [-0.05, 0) is 12.1 Å². The molecule has 0 saturated heterocycles. The number of hydrogen-bond donors (Lipinski definition) is 0. The third-order valence-corrected chi connectivity index (χ3v) is 2.64. The molecule has 0 radical (unpaired) electrons. The van der Waals surface area contributed by atoms with Gasteiger partial charge in [-0.2, -0.15) is 0 Å². The first-order valence-electron chi connectivity index (χ1n) is 4.83. The monoisotopic (exact) mass is 293 g/mol. The molecule has 1 heterocycles. The van der Waals surface area contributed by atoms with Crippen LogP contribution in [0.2, 0.25) is 0 Å². The molecule has 5 heteroatoms. The van der Waals surface area contributed by atoms with Crippen molar-refractivity contribution in [3.8, 4) is 11.3 Å². The summed E-state index contributed by atoms with van der Waals surface area (Å²) in [6.45, 7) is 0. The quantitative estimate of drug-likeness (QED) is 0.490. The molecule has 0 aliphatic rings. The summed E-state index contributed by atoms with van der Waals surface area (Å²) in [5.41, 5.74) is 0.935. The predicted octanol–water partition coefficient (Wildman–Crippen LogP) is 3.92. The van der Waals surface area contributed by atoms with Gasteiger partial charge in [0, 0.05) is 21.5 Å². The summed E-state index contributed by atoms with van der Waals surface area (Å²) in [6, 6.07) is 13.0. The fraction of sp³-hybridized carbons (Fsp3) is 0. The van der Waals surface area contributed by atoms with Crippen molar-refractivity contribution < 1.29 is 9.34 Å². The van der Waals surface area contributed by atoms with Crippen LogP contribution in [0.3, 0.4) is 0 Å². The third-order valence-electron chi connectivity index (χ3n) is 2.12. The Balaban J connectivity index is 2.29. The molecule has 0 atom stereocenters. The number of nitrogens with zero attached hydrogens (tertiary/aromatic N) is 1. The average molecular weight is 294 g/mol. The summed E-state index contributed by atoms with van der Waals surface area (Å²) in [5.74, 6) is 1.12. The molecule has 0 saturated carbocycles. The smallest absolute Gasteiger partial charge is 0.314 e. The molecule has 86 valence electrons. The molecule has 0 unspecified atom stereocenters. The highest BCUT2D eigenvalue weighted by molar-refractivity contribution is 9.11. The minimum Gasteiger partial charge on any atom is -0.456 e. The second-order valence-electron chi connectivity index (χ2n) is 3.29. The molecule has 0 fully saturated rings. The largest absolute Gasteiger partial charge is 0.456 e. The van der Waals surface area contributed by atoms with Crippen molar-refractivity contribution in [3.63, 3.8) is 0 Å². The topological polar surface area (TPSA) is 56.3 Å². The van der Waals surface area contributed by atoms with Crippen molar-refractivity contribution in [2.45, 2.75) is 0 Å². The number of benzene rings is 1. The zero-order chi connectivity index (χ0) is 12.3. The minimum atomic E-state index is -0.523. The molecular weight excluding hydrogens is 286 g/mol. The van der Waals surface area contributed by atoms with Crippen LogP contribution in [0, 0.1) is 10.1 Å². The lowest BCUT2D eigenvalue weighted by Gasteiger charge is -1.94. The van der Waals surface area contributed by atoms with E-state index in [4.69, 9.17) is 4.42 Å². The van der Waals surface area contributed by atoms with Gasteiger partial charge in [-0.15, -0.1) is 0 Å². The molecule has 0 bridgehead atoms. The van der Waals surface area contributed by atoms with Crippen LogP contribution in [-0.2, 0) is 0 Å². The molecule has 0 N–H and O–H groups in total. The molecular formula is C12H8BrNO3. The number of hydrogen-bond acceptors (Lipinski definition) is 3. The fourth-order valence-electron chi connectivity index (χ4n) is 1.36. The lowest BCUT2D eigenvalue weighted by molar-refractivity contribution is -0.407. The highest BCUT2D eigenvalue weighted by atomic mass is 79.9. The van der Waals surface area contributed by atoms with Crippen molar-refractivity contribution in [3.05, 3.63) is 62.9 Å². The van der Waals surface area contributed by atoms with E-state index in [0.29, 0.717) is 11.5 Å². The SMILES string of the molecule is O=[N+]([O-])/C(Br)=C/c1ccc(-c2ccccc2)o1. The van der Waals surface area contributed by atoms with Gasteiger partial charge in [0.1, 0.15) is 11.5 Å². The summed E-state index contributed by atoms with van der Waals surface area (Å²) >= 11 is 2.85. The van der Waals surface area contributed by atoms with Gasteiger partial charge in [-0.25, -0.2) is 0 Å². The standard InChI is InChI=1S/C12H8BrNO3/c13-12(14(15)16)8-10-6-7-11(17-10)9-4-2-1-3-5-9/h1-8H/b12-8+. The van der Waals surface area contributed by atoms with Crippen LogP contribution in [0.15, 0.2) is 51.5 Å². The van der Waals surface area contributed by atoms with Gasteiger partial charge < -0.3 is 4.42 Å². The number of furan rings is 1. The van der Waals surface area contributed by atoms with Crippen LogP contribution in [0.4, 0.5) is 0 Å². The number of halogens is 1. The molecule has 4 nitrogen and oxygen atoms in total. The molecule has 0 aliphatic heterocycles. The molecule has 1 aromatic heterocycles. The second kappa shape index (κ2) is 4.97. The Labute approximate surface area is 106 Å². The predicted molar refractivity (Wildman–Crippen MR) is 68.0 cm³/mol. The normalized spacial score (nSPS) is 11.5. The number of nitro groups is 1. The maximum Gasteiger partial charge on any atom is 0.314 e. The fourth-order valence-corrected chi connectivity index (χ4v) is 1.58. The van der Waals surface area contributed by atoms with Crippen molar-refractivity contribution in [1.29, 1.82) is 0 Å². The Morgan fingerprint density at radius 2 is 1.94 bits per heavy atom.